The van der Waals surface area contributed by atoms with E-state index < -0.39 is 0 Å². The van der Waals surface area contributed by atoms with Crippen molar-refractivity contribution in [2.75, 3.05) is 20.2 Å². The molecule has 6 heteroatoms. The molecule has 5 nitrogen and oxygen atoms in total. The number of amides is 2. The van der Waals surface area contributed by atoms with Crippen molar-refractivity contribution in [3.63, 3.8) is 0 Å². The maximum Gasteiger partial charge on any atom is 0.255 e. The van der Waals surface area contributed by atoms with Crippen molar-refractivity contribution in [2.24, 2.45) is 0 Å². The number of ether oxygens (including phenoxy) is 1. The van der Waals surface area contributed by atoms with Crippen LogP contribution in [0.1, 0.15) is 30.1 Å². The van der Waals surface area contributed by atoms with Crippen molar-refractivity contribution in [1.82, 2.24) is 10.6 Å². The number of unbranched alkanes of at least 4 members (excludes halogenated alkanes) is 1. The minimum absolute atomic E-state index is 0.0343. The van der Waals surface area contributed by atoms with Crippen molar-refractivity contribution >= 4 is 27.7 Å². The van der Waals surface area contributed by atoms with Crippen LogP contribution in [0.3, 0.4) is 0 Å². The van der Waals surface area contributed by atoms with E-state index in [0.717, 1.165) is 17.3 Å². The molecule has 0 aliphatic rings. The fraction of sp³-hybridized carbons (Fsp3) is 0.429. The van der Waals surface area contributed by atoms with E-state index in [2.05, 4.69) is 26.6 Å². The standard InChI is InChI=1S/C14H19BrN2O3/c1-10(18)16-7-3-4-8-17-14(19)12-9-11(15)5-6-13(12)20-2/h5-6,9H,3-4,7-8H2,1-2H3,(H,16,18)(H,17,19). The number of hydrogen-bond donors (Lipinski definition) is 2. The highest BCUT2D eigenvalue weighted by Crippen LogP contribution is 2.22. The monoisotopic (exact) mass is 342 g/mol. The number of carbonyl (C=O) groups excluding carboxylic acids is 2. The SMILES string of the molecule is COc1ccc(Br)cc1C(=O)NCCCCNC(C)=O. The van der Waals surface area contributed by atoms with Crippen LogP contribution in [-0.4, -0.2) is 32.0 Å². The molecule has 2 amide bonds. The van der Waals surface area contributed by atoms with Gasteiger partial charge in [0.05, 0.1) is 12.7 Å². The molecule has 0 atom stereocenters. The third-order valence-corrected chi connectivity index (χ3v) is 3.16. The Hall–Kier alpha value is -1.56. The molecule has 0 aliphatic carbocycles. The highest BCUT2D eigenvalue weighted by atomic mass is 79.9. The van der Waals surface area contributed by atoms with E-state index in [-0.39, 0.29) is 11.8 Å². The summed E-state index contributed by atoms with van der Waals surface area (Å²) < 4.78 is 5.99. The van der Waals surface area contributed by atoms with Crippen LogP contribution in [0.15, 0.2) is 22.7 Å². The van der Waals surface area contributed by atoms with Crippen molar-refractivity contribution < 1.29 is 14.3 Å². The molecule has 0 heterocycles. The number of rotatable bonds is 7. The molecule has 0 saturated heterocycles. The van der Waals surface area contributed by atoms with Crippen LogP contribution in [0.25, 0.3) is 0 Å². The topological polar surface area (TPSA) is 67.4 Å². The summed E-state index contributed by atoms with van der Waals surface area (Å²) in [5.41, 5.74) is 0.503. The van der Waals surface area contributed by atoms with E-state index in [0.29, 0.717) is 24.4 Å². The van der Waals surface area contributed by atoms with Gasteiger partial charge in [0.25, 0.3) is 5.91 Å². The minimum Gasteiger partial charge on any atom is -0.496 e. The molecule has 1 rings (SSSR count). The van der Waals surface area contributed by atoms with Crippen LogP contribution in [0.2, 0.25) is 0 Å². The van der Waals surface area contributed by atoms with Gasteiger partial charge >= 0.3 is 0 Å². The number of halogens is 1. The number of nitrogens with one attached hydrogen (secondary N) is 2. The lowest BCUT2D eigenvalue weighted by Crippen LogP contribution is -2.26. The van der Waals surface area contributed by atoms with Gasteiger partial charge in [-0.1, -0.05) is 15.9 Å². The zero-order chi connectivity index (χ0) is 15.0. The average molecular weight is 343 g/mol. The quantitative estimate of drug-likeness (QED) is 0.745. The molecule has 0 fully saturated rings. The molecule has 0 spiro atoms. The van der Waals surface area contributed by atoms with Crippen LogP contribution >= 0.6 is 15.9 Å². The Morgan fingerprint density at radius 2 is 1.85 bits per heavy atom. The lowest BCUT2D eigenvalue weighted by atomic mass is 10.2. The first-order valence-electron chi connectivity index (χ1n) is 6.40. The third-order valence-electron chi connectivity index (χ3n) is 2.67. The van der Waals surface area contributed by atoms with Gasteiger partial charge < -0.3 is 15.4 Å². The largest absolute Gasteiger partial charge is 0.496 e. The van der Waals surface area contributed by atoms with Crippen LogP contribution in [0.4, 0.5) is 0 Å². The van der Waals surface area contributed by atoms with Gasteiger partial charge in [-0.05, 0) is 31.0 Å². The molecular weight excluding hydrogens is 324 g/mol. The normalized spacial score (nSPS) is 9.95. The molecule has 20 heavy (non-hydrogen) atoms. The van der Waals surface area contributed by atoms with Gasteiger partial charge in [-0.15, -0.1) is 0 Å². The molecule has 0 saturated carbocycles. The fourth-order valence-electron chi connectivity index (χ4n) is 1.67. The Bertz CT molecular complexity index is 477. The molecular formula is C14H19BrN2O3. The van der Waals surface area contributed by atoms with E-state index in [1.54, 1.807) is 12.1 Å². The Morgan fingerprint density at radius 1 is 1.20 bits per heavy atom. The molecule has 1 aromatic rings. The first kappa shape index (κ1) is 16.5. The summed E-state index contributed by atoms with van der Waals surface area (Å²) in [5, 5.41) is 5.55. The molecule has 110 valence electrons. The molecule has 1 aromatic carbocycles. The van der Waals surface area contributed by atoms with Crippen LogP contribution in [-0.2, 0) is 4.79 Å². The van der Waals surface area contributed by atoms with Gasteiger partial charge in [0.15, 0.2) is 0 Å². The minimum atomic E-state index is -0.164. The molecule has 0 bridgehead atoms. The first-order chi connectivity index (χ1) is 9.54. The lowest BCUT2D eigenvalue weighted by molar-refractivity contribution is -0.118. The summed E-state index contributed by atoms with van der Waals surface area (Å²) in [4.78, 5) is 22.7. The van der Waals surface area contributed by atoms with Crippen molar-refractivity contribution in [3.05, 3.63) is 28.2 Å². The number of carbonyl (C=O) groups is 2. The van der Waals surface area contributed by atoms with Crippen LogP contribution in [0.5, 0.6) is 5.75 Å². The molecule has 0 aromatic heterocycles. The van der Waals surface area contributed by atoms with Gasteiger partial charge in [0.1, 0.15) is 5.75 Å². The smallest absolute Gasteiger partial charge is 0.255 e. The summed E-state index contributed by atoms with van der Waals surface area (Å²) in [7, 11) is 1.54. The van der Waals surface area contributed by atoms with Gasteiger partial charge in [-0.3, -0.25) is 9.59 Å². The first-order valence-corrected chi connectivity index (χ1v) is 7.20. The second-order valence-electron chi connectivity index (χ2n) is 4.29. The van der Waals surface area contributed by atoms with Crippen molar-refractivity contribution in [3.8, 4) is 5.75 Å². The Morgan fingerprint density at radius 3 is 2.45 bits per heavy atom. The Labute approximate surface area is 127 Å². The van der Waals surface area contributed by atoms with Gasteiger partial charge in [-0.2, -0.15) is 0 Å². The molecule has 2 N–H and O–H groups in total. The van der Waals surface area contributed by atoms with Crippen LogP contribution in [0, 0.1) is 0 Å². The molecule has 0 unspecified atom stereocenters. The van der Waals surface area contributed by atoms with E-state index in [9.17, 15) is 9.59 Å². The maximum atomic E-state index is 12.0. The Kier molecular flexibility index (Phi) is 7.08. The van der Waals surface area contributed by atoms with E-state index in [1.165, 1.54) is 14.0 Å². The second kappa shape index (κ2) is 8.58. The van der Waals surface area contributed by atoms with Crippen molar-refractivity contribution in [1.29, 1.82) is 0 Å². The van der Waals surface area contributed by atoms with Crippen LogP contribution < -0.4 is 15.4 Å². The summed E-state index contributed by atoms with van der Waals surface area (Å²) >= 11 is 3.33. The number of benzene rings is 1. The lowest BCUT2D eigenvalue weighted by Gasteiger charge is -2.10. The summed E-state index contributed by atoms with van der Waals surface area (Å²) in [6, 6.07) is 5.30. The third kappa shape index (κ3) is 5.61. The number of methoxy groups -OCH3 is 1. The Balaban J connectivity index is 2.39. The van der Waals surface area contributed by atoms with E-state index in [1.807, 2.05) is 6.07 Å². The van der Waals surface area contributed by atoms with Crippen molar-refractivity contribution in [2.45, 2.75) is 19.8 Å². The predicted molar refractivity (Wildman–Crippen MR) is 80.9 cm³/mol. The predicted octanol–water partition coefficient (Wildman–Crippen LogP) is 2.10. The fourth-order valence-corrected chi connectivity index (χ4v) is 2.03. The highest BCUT2D eigenvalue weighted by molar-refractivity contribution is 9.10. The van der Waals surface area contributed by atoms with Gasteiger partial charge in [0.2, 0.25) is 5.91 Å². The molecule has 0 aliphatic heterocycles. The maximum absolute atomic E-state index is 12.0. The summed E-state index contributed by atoms with van der Waals surface area (Å²) in [6.07, 6.45) is 1.64. The second-order valence-corrected chi connectivity index (χ2v) is 5.21. The van der Waals surface area contributed by atoms with E-state index in [4.69, 9.17) is 4.74 Å². The van der Waals surface area contributed by atoms with Gasteiger partial charge in [0, 0.05) is 24.5 Å². The summed E-state index contributed by atoms with van der Waals surface area (Å²) in [6.45, 7) is 2.68. The van der Waals surface area contributed by atoms with E-state index >= 15 is 0 Å². The molecule has 0 radical (unpaired) electrons. The number of hydrogen-bond acceptors (Lipinski definition) is 3. The highest BCUT2D eigenvalue weighted by Gasteiger charge is 2.11. The average Bonchev–Trinajstić information content (AvgIpc) is 2.42. The zero-order valence-corrected chi connectivity index (χ0v) is 13.2. The zero-order valence-electron chi connectivity index (χ0n) is 11.7. The summed E-state index contributed by atoms with van der Waals surface area (Å²) in [5.74, 6) is 0.347. The van der Waals surface area contributed by atoms with Gasteiger partial charge in [-0.25, -0.2) is 0 Å².